The SMILES string of the molecule is CCc1cc(CC)n(Cc2cccc(CNC)n2)n1. The summed E-state index contributed by atoms with van der Waals surface area (Å²) >= 11 is 0. The lowest BCUT2D eigenvalue weighted by molar-refractivity contribution is 0.626. The van der Waals surface area contributed by atoms with Crippen LogP contribution in [0.4, 0.5) is 0 Å². The molecule has 0 aliphatic rings. The van der Waals surface area contributed by atoms with Crippen LogP contribution < -0.4 is 5.32 Å². The number of hydrogen-bond acceptors (Lipinski definition) is 3. The van der Waals surface area contributed by atoms with Crippen molar-refractivity contribution in [3.05, 3.63) is 47.0 Å². The summed E-state index contributed by atoms with van der Waals surface area (Å²) in [5.74, 6) is 0. The number of nitrogens with one attached hydrogen (secondary N) is 1. The fourth-order valence-electron chi connectivity index (χ4n) is 2.16. The van der Waals surface area contributed by atoms with Crippen molar-refractivity contribution in [2.45, 2.75) is 39.8 Å². The van der Waals surface area contributed by atoms with E-state index in [0.29, 0.717) is 0 Å². The highest BCUT2D eigenvalue weighted by atomic mass is 15.3. The van der Waals surface area contributed by atoms with E-state index in [1.807, 2.05) is 13.1 Å². The van der Waals surface area contributed by atoms with Gasteiger partial charge in [0.15, 0.2) is 0 Å². The van der Waals surface area contributed by atoms with E-state index in [0.717, 1.165) is 43.0 Å². The number of aromatic nitrogens is 3. The van der Waals surface area contributed by atoms with Gasteiger partial charge in [0, 0.05) is 12.2 Å². The summed E-state index contributed by atoms with van der Waals surface area (Å²) in [6, 6.07) is 8.36. The lowest BCUT2D eigenvalue weighted by Gasteiger charge is -2.07. The van der Waals surface area contributed by atoms with Gasteiger partial charge >= 0.3 is 0 Å². The minimum Gasteiger partial charge on any atom is -0.314 e. The van der Waals surface area contributed by atoms with Crippen LogP contribution in [0.5, 0.6) is 0 Å². The van der Waals surface area contributed by atoms with Gasteiger partial charge in [0.1, 0.15) is 0 Å². The Morgan fingerprint density at radius 3 is 2.58 bits per heavy atom. The molecule has 0 aromatic carbocycles. The quantitative estimate of drug-likeness (QED) is 0.863. The molecule has 0 atom stereocenters. The van der Waals surface area contributed by atoms with Crippen molar-refractivity contribution in [2.75, 3.05) is 7.05 Å². The maximum Gasteiger partial charge on any atom is 0.0834 e. The third-order valence-corrected chi connectivity index (χ3v) is 3.17. The summed E-state index contributed by atoms with van der Waals surface area (Å²) in [4.78, 5) is 4.64. The van der Waals surface area contributed by atoms with E-state index in [2.05, 4.69) is 52.1 Å². The maximum atomic E-state index is 4.64. The van der Waals surface area contributed by atoms with Crippen molar-refractivity contribution >= 4 is 0 Å². The fraction of sp³-hybridized carbons (Fsp3) is 0.467. The van der Waals surface area contributed by atoms with Crippen molar-refractivity contribution in [1.82, 2.24) is 20.1 Å². The van der Waals surface area contributed by atoms with Gasteiger partial charge in [-0.05, 0) is 38.1 Å². The van der Waals surface area contributed by atoms with Gasteiger partial charge in [-0.2, -0.15) is 5.10 Å². The van der Waals surface area contributed by atoms with E-state index in [1.54, 1.807) is 0 Å². The zero-order chi connectivity index (χ0) is 13.7. The summed E-state index contributed by atoms with van der Waals surface area (Å²) in [5.41, 5.74) is 4.56. The predicted octanol–water partition coefficient (Wildman–Crippen LogP) is 2.17. The molecule has 0 saturated heterocycles. The average Bonchev–Trinajstić information content (AvgIpc) is 2.82. The summed E-state index contributed by atoms with van der Waals surface area (Å²) in [5, 5.41) is 7.76. The molecule has 4 nitrogen and oxygen atoms in total. The summed E-state index contributed by atoms with van der Waals surface area (Å²) in [6.07, 6.45) is 1.98. The van der Waals surface area contributed by atoms with Crippen LogP contribution in [0.25, 0.3) is 0 Å². The lowest BCUT2D eigenvalue weighted by Crippen LogP contribution is -2.11. The van der Waals surface area contributed by atoms with Crippen molar-refractivity contribution in [1.29, 1.82) is 0 Å². The molecule has 0 aliphatic carbocycles. The molecule has 2 rings (SSSR count). The second-order valence-corrected chi connectivity index (χ2v) is 4.64. The van der Waals surface area contributed by atoms with Gasteiger partial charge in [-0.3, -0.25) is 9.67 Å². The van der Waals surface area contributed by atoms with Gasteiger partial charge in [-0.1, -0.05) is 19.9 Å². The molecule has 2 heterocycles. The molecule has 2 aromatic heterocycles. The monoisotopic (exact) mass is 258 g/mol. The van der Waals surface area contributed by atoms with Crippen LogP contribution in [0.2, 0.25) is 0 Å². The van der Waals surface area contributed by atoms with Crippen molar-refractivity contribution in [3.63, 3.8) is 0 Å². The normalized spacial score (nSPS) is 10.9. The summed E-state index contributed by atoms with van der Waals surface area (Å²) in [6.45, 7) is 5.85. The predicted molar refractivity (Wildman–Crippen MR) is 77.1 cm³/mol. The Balaban J connectivity index is 2.20. The molecule has 0 unspecified atom stereocenters. The van der Waals surface area contributed by atoms with Gasteiger partial charge < -0.3 is 5.32 Å². The first-order valence-electron chi connectivity index (χ1n) is 6.91. The van der Waals surface area contributed by atoms with Gasteiger partial charge in [0.05, 0.1) is 23.6 Å². The number of aryl methyl sites for hydroxylation is 2. The highest BCUT2D eigenvalue weighted by Crippen LogP contribution is 2.09. The Hall–Kier alpha value is -1.68. The zero-order valence-electron chi connectivity index (χ0n) is 12.0. The Bertz CT molecular complexity index is 531. The highest BCUT2D eigenvalue weighted by Gasteiger charge is 2.07. The van der Waals surface area contributed by atoms with E-state index >= 15 is 0 Å². The number of rotatable bonds is 6. The number of nitrogens with zero attached hydrogens (tertiary/aromatic N) is 3. The van der Waals surface area contributed by atoms with Gasteiger partial charge in [-0.15, -0.1) is 0 Å². The van der Waals surface area contributed by atoms with E-state index < -0.39 is 0 Å². The molecule has 0 saturated carbocycles. The third-order valence-electron chi connectivity index (χ3n) is 3.17. The van der Waals surface area contributed by atoms with Gasteiger partial charge in [0.25, 0.3) is 0 Å². The Morgan fingerprint density at radius 1 is 1.11 bits per heavy atom. The van der Waals surface area contributed by atoms with Crippen LogP contribution in [0.15, 0.2) is 24.3 Å². The van der Waals surface area contributed by atoms with Gasteiger partial charge in [-0.25, -0.2) is 0 Å². The smallest absolute Gasteiger partial charge is 0.0834 e. The molecule has 4 heteroatoms. The second-order valence-electron chi connectivity index (χ2n) is 4.64. The third kappa shape index (κ3) is 3.41. The molecular formula is C15H22N4. The number of hydrogen-bond donors (Lipinski definition) is 1. The van der Waals surface area contributed by atoms with Gasteiger partial charge in [0.2, 0.25) is 0 Å². The van der Waals surface area contributed by atoms with Crippen LogP contribution in [-0.4, -0.2) is 21.8 Å². The Kier molecular flexibility index (Phi) is 4.68. The minimum atomic E-state index is 0.751. The molecule has 0 fully saturated rings. The van der Waals surface area contributed by atoms with Crippen LogP contribution in [0.1, 0.15) is 36.6 Å². The summed E-state index contributed by atoms with van der Waals surface area (Å²) < 4.78 is 2.07. The standard InChI is InChI=1S/C15H22N4/c1-4-12-9-15(5-2)19(18-12)11-14-8-6-7-13(17-14)10-16-3/h6-9,16H,4-5,10-11H2,1-3H3. The average molecular weight is 258 g/mol. The zero-order valence-corrected chi connectivity index (χ0v) is 12.0. The highest BCUT2D eigenvalue weighted by molar-refractivity contribution is 5.15. The second kappa shape index (κ2) is 6.48. The van der Waals surface area contributed by atoms with E-state index in [-0.39, 0.29) is 0 Å². The van der Waals surface area contributed by atoms with Crippen molar-refractivity contribution < 1.29 is 0 Å². The fourth-order valence-corrected chi connectivity index (χ4v) is 2.16. The van der Waals surface area contributed by atoms with Crippen LogP contribution >= 0.6 is 0 Å². The molecule has 2 aromatic rings. The summed E-state index contributed by atoms with van der Waals surface area (Å²) in [7, 11) is 1.94. The largest absolute Gasteiger partial charge is 0.314 e. The molecule has 1 N–H and O–H groups in total. The van der Waals surface area contributed by atoms with Crippen molar-refractivity contribution in [3.8, 4) is 0 Å². The molecule has 19 heavy (non-hydrogen) atoms. The molecule has 0 aliphatic heterocycles. The van der Waals surface area contributed by atoms with E-state index in [1.165, 1.54) is 5.69 Å². The molecule has 0 spiro atoms. The first-order chi connectivity index (χ1) is 9.26. The van der Waals surface area contributed by atoms with Crippen LogP contribution in [-0.2, 0) is 25.9 Å². The lowest BCUT2D eigenvalue weighted by atomic mass is 10.2. The Morgan fingerprint density at radius 2 is 1.89 bits per heavy atom. The van der Waals surface area contributed by atoms with Crippen molar-refractivity contribution in [2.24, 2.45) is 0 Å². The van der Waals surface area contributed by atoms with Crippen LogP contribution in [0.3, 0.4) is 0 Å². The number of pyridine rings is 1. The first kappa shape index (κ1) is 13.7. The maximum absolute atomic E-state index is 4.64. The first-order valence-corrected chi connectivity index (χ1v) is 6.91. The van der Waals surface area contributed by atoms with E-state index in [9.17, 15) is 0 Å². The molecule has 0 amide bonds. The molecular weight excluding hydrogens is 236 g/mol. The Labute approximate surface area is 114 Å². The molecule has 0 bridgehead atoms. The molecule has 0 radical (unpaired) electrons. The van der Waals surface area contributed by atoms with E-state index in [4.69, 9.17) is 0 Å². The minimum absolute atomic E-state index is 0.751. The molecule has 102 valence electrons. The topological polar surface area (TPSA) is 42.7 Å². The van der Waals surface area contributed by atoms with Crippen LogP contribution in [0, 0.1) is 0 Å².